The fraction of sp³-hybridized carbons (Fsp3) is 0.333. The quantitative estimate of drug-likeness (QED) is 0.693. The number of rotatable bonds is 7. The van der Waals surface area contributed by atoms with E-state index in [1.165, 1.54) is 5.56 Å². The van der Waals surface area contributed by atoms with Gasteiger partial charge >= 0.3 is 0 Å². The number of benzene rings is 2. The van der Waals surface area contributed by atoms with E-state index in [0.29, 0.717) is 18.0 Å². The normalized spacial score (nSPS) is 10.5. The molecular weight excluding hydrogens is 326 g/mol. The van der Waals surface area contributed by atoms with Crippen molar-refractivity contribution in [3.05, 3.63) is 53.6 Å². The van der Waals surface area contributed by atoms with Crippen LogP contribution in [0.25, 0.3) is 0 Å². The van der Waals surface area contributed by atoms with Crippen LogP contribution >= 0.6 is 0 Å². The summed E-state index contributed by atoms with van der Waals surface area (Å²) in [6, 6.07) is 13.2. The molecule has 0 bridgehead atoms. The monoisotopic (exact) mass is 353 g/mol. The van der Waals surface area contributed by atoms with E-state index in [1.54, 1.807) is 24.3 Å². The van der Waals surface area contributed by atoms with Crippen LogP contribution in [-0.4, -0.2) is 18.4 Å². The second-order valence-corrected chi connectivity index (χ2v) is 6.94. The molecule has 0 aliphatic carbocycles. The highest BCUT2D eigenvalue weighted by Crippen LogP contribution is 2.17. The predicted octanol–water partition coefficient (Wildman–Crippen LogP) is 4.34. The van der Waals surface area contributed by atoms with Gasteiger partial charge in [0.2, 0.25) is 11.8 Å². The van der Waals surface area contributed by atoms with Gasteiger partial charge in [-0.15, -0.1) is 0 Å². The predicted molar refractivity (Wildman–Crippen MR) is 108 cm³/mol. The Morgan fingerprint density at radius 1 is 0.885 bits per heavy atom. The number of nitrogens with one attached hydrogen (secondary N) is 3. The lowest BCUT2D eigenvalue weighted by atomic mass is 10.1. The van der Waals surface area contributed by atoms with Gasteiger partial charge in [0.05, 0.1) is 6.54 Å². The lowest BCUT2D eigenvalue weighted by molar-refractivity contribution is -0.117. The van der Waals surface area contributed by atoms with Gasteiger partial charge in [0.1, 0.15) is 0 Å². The highest BCUT2D eigenvalue weighted by molar-refractivity contribution is 5.95. The number of aryl methyl sites for hydroxylation is 2. The van der Waals surface area contributed by atoms with Crippen molar-refractivity contribution >= 4 is 28.9 Å². The fourth-order valence-corrected chi connectivity index (χ4v) is 2.61. The molecular formula is C21H27N3O2. The van der Waals surface area contributed by atoms with Gasteiger partial charge in [-0.1, -0.05) is 31.5 Å². The van der Waals surface area contributed by atoms with E-state index in [-0.39, 0.29) is 18.4 Å². The number of carbonyl (C=O) groups excluding carboxylic acids is 2. The molecule has 5 nitrogen and oxygen atoms in total. The molecule has 2 rings (SSSR count). The van der Waals surface area contributed by atoms with E-state index in [2.05, 4.69) is 22.0 Å². The standard InChI is InChI=1S/C21H27N3O2/c1-14(2)11-20(25)23-17-6-8-18(9-7-17)24-21(26)13-22-19-10-5-15(3)12-16(19)4/h5-10,12,14,22H,11,13H2,1-4H3,(H,23,25)(H,24,26). The van der Waals surface area contributed by atoms with Gasteiger partial charge in [0, 0.05) is 23.5 Å². The maximum Gasteiger partial charge on any atom is 0.243 e. The Hall–Kier alpha value is -2.82. The third-order valence-electron chi connectivity index (χ3n) is 3.87. The van der Waals surface area contributed by atoms with Crippen LogP contribution in [0.4, 0.5) is 17.1 Å². The summed E-state index contributed by atoms with van der Waals surface area (Å²) in [6.07, 6.45) is 0.489. The molecule has 138 valence electrons. The van der Waals surface area contributed by atoms with Crippen molar-refractivity contribution in [3.8, 4) is 0 Å². The van der Waals surface area contributed by atoms with Crippen LogP contribution < -0.4 is 16.0 Å². The average Bonchev–Trinajstić information content (AvgIpc) is 2.55. The summed E-state index contributed by atoms with van der Waals surface area (Å²) in [7, 11) is 0. The first-order valence-electron chi connectivity index (χ1n) is 8.84. The fourth-order valence-electron chi connectivity index (χ4n) is 2.61. The van der Waals surface area contributed by atoms with Gasteiger partial charge in [-0.05, 0) is 55.7 Å². The van der Waals surface area contributed by atoms with Crippen LogP contribution in [0.2, 0.25) is 0 Å². The molecule has 0 heterocycles. The molecule has 0 aromatic heterocycles. The average molecular weight is 353 g/mol. The Morgan fingerprint density at radius 3 is 2.00 bits per heavy atom. The first-order valence-corrected chi connectivity index (χ1v) is 8.84. The van der Waals surface area contributed by atoms with E-state index in [0.717, 1.165) is 16.9 Å². The molecule has 2 amide bonds. The molecule has 0 aliphatic rings. The molecule has 5 heteroatoms. The molecule has 0 unspecified atom stereocenters. The SMILES string of the molecule is Cc1ccc(NCC(=O)Nc2ccc(NC(=O)CC(C)C)cc2)c(C)c1. The van der Waals surface area contributed by atoms with Crippen molar-refractivity contribution < 1.29 is 9.59 Å². The van der Waals surface area contributed by atoms with E-state index < -0.39 is 0 Å². The van der Waals surface area contributed by atoms with Crippen LogP contribution in [0.5, 0.6) is 0 Å². The molecule has 0 fully saturated rings. The molecule has 3 N–H and O–H groups in total. The van der Waals surface area contributed by atoms with Crippen molar-refractivity contribution in [2.24, 2.45) is 5.92 Å². The van der Waals surface area contributed by atoms with E-state index in [1.807, 2.05) is 39.8 Å². The van der Waals surface area contributed by atoms with Gasteiger partial charge in [-0.2, -0.15) is 0 Å². The van der Waals surface area contributed by atoms with Gasteiger partial charge < -0.3 is 16.0 Å². The summed E-state index contributed by atoms with van der Waals surface area (Å²) in [4.78, 5) is 23.9. The minimum Gasteiger partial charge on any atom is -0.376 e. The molecule has 0 spiro atoms. The third kappa shape index (κ3) is 6.24. The first-order chi connectivity index (χ1) is 12.3. The maximum absolute atomic E-state index is 12.1. The van der Waals surface area contributed by atoms with Crippen molar-refractivity contribution in [1.29, 1.82) is 0 Å². The molecule has 2 aromatic rings. The molecule has 0 atom stereocenters. The zero-order chi connectivity index (χ0) is 19.1. The first kappa shape index (κ1) is 19.5. The maximum atomic E-state index is 12.1. The van der Waals surface area contributed by atoms with Crippen LogP contribution in [0.3, 0.4) is 0 Å². The van der Waals surface area contributed by atoms with Gasteiger partial charge in [-0.25, -0.2) is 0 Å². The Labute approximate surface area is 155 Å². The molecule has 0 aliphatic heterocycles. The third-order valence-corrected chi connectivity index (χ3v) is 3.87. The lowest BCUT2D eigenvalue weighted by Gasteiger charge is -2.11. The van der Waals surface area contributed by atoms with Gasteiger partial charge in [0.15, 0.2) is 0 Å². The van der Waals surface area contributed by atoms with Crippen LogP contribution in [0.1, 0.15) is 31.4 Å². The van der Waals surface area contributed by atoms with Crippen molar-refractivity contribution in [1.82, 2.24) is 0 Å². The minimum absolute atomic E-state index is 0.00514. The van der Waals surface area contributed by atoms with Gasteiger partial charge in [0.25, 0.3) is 0 Å². The Bertz CT molecular complexity index is 767. The number of anilines is 3. The number of hydrogen-bond donors (Lipinski definition) is 3. The highest BCUT2D eigenvalue weighted by atomic mass is 16.2. The Kier molecular flexibility index (Phi) is 6.78. The van der Waals surface area contributed by atoms with Crippen molar-refractivity contribution in [2.45, 2.75) is 34.1 Å². The molecule has 2 aromatic carbocycles. The summed E-state index contributed by atoms with van der Waals surface area (Å²) in [5.41, 5.74) is 4.67. The minimum atomic E-state index is -0.124. The second-order valence-electron chi connectivity index (χ2n) is 6.94. The lowest BCUT2D eigenvalue weighted by Crippen LogP contribution is -2.22. The van der Waals surface area contributed by atoms with Crippen LogP contribution in [0, 0.1) is 19.8 Å². The Balaban J connectivity index is 1.84. The van der Waals surface area contributed by atoms with Crippen LogP contribution in [-0.2, 0) is 9.59 Å². The van der Waals surface area contributed by atoms with E-state index in [4.69, 9.17) is 0 Å². The molecule has 0 saturated carbocycles. The summed E-state index contributed by atoms with van der Waals surface area (Å²) < 4.78 is 0. The number of hydrogen-bond acceptors (Lipinski definition) is 3. The highest BCUT2D eigenvalue weighted by Gasteiger charge is 2.07. The summed E-state index contributed by atoms with van der Waals surface area (Å²) in [6.45, 7) is 8.25. The largest absolute Gasteiger partial charge is 0.376 e. The van der Waals surface area contributed by atoms with Crippen molar-refractivity contribution in [3.63, 3.8) is 0 Å². The molecule has 26 heavy (non-hydrogen) atoms. The number of amides is 2. The van der Waals surface area contributed by atoms with E-state index in [9.17, 15) is 9.59 Å². The van der Waals surface area contributed by atoms with Crippen molar-refractivity contribution in [2.75, 3.05) is 22.5 Å². The zero-order valence-electron chi connectivity index (χ0n) is 15.8. The molecule has 0 saturated heterocycles. The summed E-state index contributed by atoms with van der Waals surface area (Å²) >= 11 is 0. The Morgan fingerprint density at radius 2 is 1.46 bits per heavy atom. The second kappa shape index (κ2) is 9.04. The number of carbonyl (C=O) groups is 2. The summed E-state index contributed by atoms with van der Waals surface area (Å²) in [5.74, 6) is 0.189. The molecule has 0 radical (unpaired) electrons. The van der Waals surface area contributed by atoms with Crippen LogP contribution in [0.15, 0.2) is 42.5 Å². The summed E-state index contributed by atoms with van der Waals surface area (Å²) in [5, 5.41) is 8.84. The van der Waals surface area contributed by atoms with Gasteiger partial charge in [-0.3, -0.25) is 9.59 Å². The topological polar surface area (TPSA) is 70.2 Å². The van der Waals surface area contributed by atoms with E-state index >= 15 is 0 Å². The smallest absolute Gasteiger partial charge is 0.243 e. The zero-order valence-corrected chi connectivity index (χ0v) is 15.8.